The third kappa shape index (κ3) is 0.473. The monoisotopic (exact) mass is 140 g/mol. The van der Waals surface area contributed by atoms with Crippen molar-refractivity contribution in [3.63, 3.8) is 0 Å². The van der Waals surface area contributed by atoms with Gasteiger partial charge < -0.3 is 5.11 Å². The van der Waals surface area contributed by atoms with E-state index in [0.717, 1.165) is 19.3 Å². The molecule has 3 aliphatic rings. The summed E-state index contributed by atoms with van der Waals surface area (Å²) in [6.07, 6.45) is 2.85. The van der Waals surface area contributed by atoms with Crippen molar-refractivity contribution in [3.05, 3.63) is 0 Å². The Morgan fingerprint density at radius 1 is 1.50 bits per heavy atom. The van der Waals surface area contributed by atoms with Gasteiger partial charge >= 0.3 is 0 Å². The number of aliphatic hydroxyl groups is 1. The molecule has 0 spiro atoms. The summed E-state index contributed by atoms with van der Waals surface area (Å²) in [5.41, 5.74) is 0.217. The van der Waals surface area contributed by atoms with Crippen LogP contribution in [-0.2, 0) is 4.79 Å². The highest BCUT2D eigenvalue weighted by atomic mass is 16.3. The number of hydrogen-bond acceptors (Lipinski definition) is 2. The third-order valence-corrected chi connectivity index (χ3v) is 3.22. The van der Waals surface area contributed by atoms with Crippen LogP contribution in [0.1, 0.15) is 26.2 Å². The minimum Gasteiger partial charge on any atom is -0.396 e. The molecule has 2 bridgehead atoms. The number of ketones is 1. The molecule has 0 aliphatic heterocycles. The maximum absolute atomic E-state index is 11.0. The van der Waals surface area contributed by atoms with Gasteiger partial charge in [-0.15, -0.1) is 0 Å². The zero-order chi connectivity index (χ0) is 7.41. The van der Waals surface area contributed by atoms with Gasteiger partial charge in [0.25, 0.3) is 0 Å². The highest BCUT2D eigenvalue weighted by molar-refractivity contribution is 5.86. The van der Waals surface area contributed by atoms with Crippen LogP contribution in [0.3, 0.4) is 0 Å². The van der Waals surface area contributed by atoms with Crippen LogP contribution in [0.2, 0.25) is 0 Å². The Kier molecular flexibility index (Phi) is 0.919. The lowest BCUT2D eigenvalue weighted by molar-refractivity contribution is -0.216. The summed E-state index contributed by atoms with van der Waals surface area (Å²) in [7, 11) is 0. The number of rotatable bonds is 2. The second-order valence-electron chi connectivity index (χ2n) is 4.02. The van der Waals surface area contributed by atoms with Crippen molar-refractivity contribution in [1.82, 2.24) is 0 Å². The minimum atomic E-state index is 0.0305. The predicted octanol–water partition coefficient (Wildman–Crippen LogP) is 0.738. The molecule has 0 atom stereocenters. The molecule has 0 saturated heterocycles. The van der Waals surface area contributed by atoms with E-state index < -0.39 is 0 Å². The Morgan fingerprint density at radius 3 is 2.30 bits per heavy atom. The summed E-state index contributed by atoms with van der Waals surface area (Å²) in [6.45, 7) is 1.95. The van der Waals surface area contributed by atoms with Gasteiger partial charge in [-0.1, -0.05) is 0 Å². The van der Waals surface area contributed by atoms with Gasteiger partial charge in [0.15, 0.2) is 0 Å². The molecule has 2 nitrogen and oxygen atoms in total. The highest BCUT2D eigenvalue weighted by Gasteiger charge is 2.69. The highest BCUT2D eigenvalue weighted by Crippen LogP contribution is 2.73. The second kappa shape index (κ2) is 1.45. The SMILES string of the molecule is CC(=O)C12CC(CO)(C1)C2. The average molecular weight is 140 g/mol. The molecular weight excluding hydrogens is 128 g/mol. The van der Waals surface area contributed by atoms with E-state index in [1.807, 2.05) is 0 Å². The first-order chi connectivity index (χ1) is 4.63. The Bertz CT molecular complexity index is 176. The topological polar surface area (TPSA) is 37.3 Å². The summed E-state index contributed by atoms with van der Waals surface area (Å²) in [6, 6.07) is 0. The molecule has 10 heavy (non-hydrogen) atoms. The van der Waals surface area contributed by atoms with E-state index in [4.69, 9.17) is 5.11 Å². The summed E-state index contributed by atoms with van der Waals surface area (Å²) in [5, 5.41) is 8.87. The fourth-order valence-corrected chi connectivity index (χ4v) is 2.54. The minimum absolute atomic E-state index is 0.0305. The number of hydrogen-bond donors (Lipinski definition) is 1. The van der Waals surface area contributed by atoms with Crippen LogP contribution in [0.4, 0.5) is 0 Å². The normalized spacial score (nSPS) is 49.4. The first-order valence-corrected chi connectivity index (χ1v) is 3.75. The molecule has 0 aromatic heterocycles. The number of aliphatic hydroxyl groups excluding tert-OH is 1. The molecule has 1 N–H and O–H groups in total. The average Bonchev–Trinajstić information content (AvgIpc) is 1.57. The lowest BCUT2D eigenvalue weighted by Crippen LogP contribution is -2.66. The van der Waals surface area contributed by atoms with Gasteiger partial charge in [0.05, 0.1) is 0 Å². The van der Waals surface area contributed by atoms with Crippen molar-refractivity contribution >= 4 is 5.78 Å². The molecule has 3 aliphatic carbocycles. The Hall–Kier alpha value is -0.370. The first kappa shape index (κ1) is 6.35. The van der Waals surface area contributed by atoms with Crippen LogP contribution in [0.25, 0.3) is 0 Å². The van der Waals surface area contributed by atoms with Gasteiger partial charge in [-0.2, -0.15) is 0 Å². The van der Waals surface area contributed by atoms with Crippen molar-refractivity contribution in [2.45, 2.75) is 26.2 Å². The zero-order valence-electron chi connectivity index (χ0n) is 6.18. The van der Waals surface area contributed by atoms with Crippen LogP contribution < -0.4 is 0 Å². The Balaban J connectivity index is 2.04. The quantitative estimate of drug-likeness (QED) is 0.614. The molecule has 0 heterocycles. The predicted molar refractivity (Wildman–Crippen MR) is 36.5 cm³/mol. The van der Waals surface area contributed by atoms with Crippen molar-refractivity contribution in [2.24, 2.45) is 10.8 Å². The van der Waals surface area contributed by atoms with E-state index in [-0.39, 0.29) is 17.4 Å². The van der Waals surface area contributed by atoms with E-state index >= 15 is 0 Å². The molecule has 3 saturated carbocycles. The molecule has 3 fully saturated rings. The fourth-order valence-electron chi connectivity index (χ4n) is 2.54. The summed E-state index contributed by atoms with van der Waals surface area (Å²) < 4.78 is 0. The van der Waals surface area contributed by atoms with Gasteiger partial charge in [-0.3, -0.25) is 4.79 Å². The smallest absolute Gasteiger partial charge is 0.136 e. The number of carbonyl (C=O) groups is 1. The lowest BCUT2D eigenvalue weighted by atomic mass is 9.34. The van der Waals surface area contributed by atoms with E-state index in [2.05, 4.69) is 0 Å². The third-order valence-electron chi connectivity index (χ3n) is 3.22. The molecule has 0 aromatic carbocycles. The van der Waals surface area contributed by atoms with Crippen molar-refractivity contribution < 1.29 is 9.90 Å². The second-order valence-corrected chi connectivity index (χ2v) is 4.02. The molecule has 3 rings (SSSR count). The summed E-state index contributed by atoms with van der Waals surface area (Å²) >= 11 is 0. The summed E-state index contributed by atoms with van der Waals surface area (Å²) in [4.78, 5) is 11.0. The van der Waals surface area contributed by atoms with E-state index in [9.17, 15) is 4.79 Å². The van der Waals surface area contributed by atoms with E-state index in [0.29, 0.717) is 5.78 Å². The van der Waals surface area contributed by atoms with E-state index in [1.54, 1.807) is 6.92 Å². The van der Waals surface area contributed by atoms with E-state index in [1.165, 1.54) is 0 Å². The van der Waals surface area contributed by atoms with Crippen LogP contribution in [0.5, 0.6) is 0 Å². The van der Waals surface area contributed by atoms with Gasteiger partial charge in [-0.05, 0) is 31.6 Å². The van der Waals surface area contributed by atoms with Crippen LogP contribution in [-0.4, -0.2) is 17.5 Å². The van der Waals surface area contributed by atoms with Crippen molar-refractivity contribution in [2.75, 3.05) is 6.61 Å². The number of Topliss-reactive ketones (excluding diaryl/α,β-unsaturated/α-hetero) is 1. The Labute approximate surface area is 60.2 Å². The van der Waals surface area contributed by atoms with Gasteiger partial charge in [0.2, 0.25) is 0 Å². The molecule has 0 unspecified atom stereocenters. The maximum Gasteiger partial charge on any atom is 0.136 e. The molecule has 56 valence electrons. The van der Waals surface area contributed by atoms with Gasteiger partial charge in [-0.25, -0.2) is 0 Å². The zero-order valence-corrected chi connectivity index (χ0v) is 6.18. The van der Waals surface area contributed by atoms with Crippen LogP contribution in [0, 0.1) is 10.8 Å². The fraction of sp³-hybridized carbons (Fsp3) is 0.875. The molecule has 2 heteroatoms. The van der Waals surface area contributed by atoms with Crippen molar-refractivity contribution in [1.29, 1.82) is 0 Å². The number of carbonyl (C=O) groups excluding carboxylic acids is 1. The van der Waals surface area contributed by atoms with Crippen LogP contribution >= 0.6 is 0 Å². The molecule has 0 aromatic rings. The van der Waals surface area contributed by atoms with Gasteiger partial charge in [0, 0.05) is 12.0 Å². The maximum atomic E-state index is 11.0. The standard InChI is InChI=1S/C8H12O2/c1-6(10)8-2-7(3-8,4-8)5-9/h9H,2-5H2,1H3. The summed E-state index contributed by atoms with van der Waals surface area (Å²) in [5.74, 6) is 0.322. The van der Waals surface area contributed by atoms with Crippen molar-refractivity contribution in [3.8, 4) is 0 Å². The van der Waals surface area contributed by atoms with Crippen LogP contribution in [0.15, 0.2) is 0 Å². The molecular formula is C8H12O2. The largest absolute Gasteiger partial charge is 0.396 e. The van der Waals surface area contributed by atoms with Gasteiger partial charge in [0.1, 0.15) is 5.78 Å². The first-order valence-electron chi connectivity index (χ1n) is 3.75. The molecule has 0 amide bonds. The Morgan fingerprint density at radius 2 is 2.00 bits per heavy atom. The lowest BCUT2D eigenvalue weighted by Gasteiger charge is -2.69. The molecule has 0 radical (unpaired) electrons.